The van der Waals surface area contributed by atoms with Crippen molar-refractivity contribution in [3.63, 3.8) is 0 Å². The molecule has 2 aliphatic carbocycles. The van der Waals surface area contributed by atoms with Gasteiger partial charge in [-0.25, -0.2) is 14.4 Å². The molecule has 3 N–H and O–H groups in total. The second-order valence-electron chi connectivity index (χ2n) is 6.92. The molecule has 166 valence electrons. The average molecular weight is 441 g/mol. The fourth-order valence-corrected chi connectivity index (χ4v) is 3.48. The van der Waals surface area contributed by atoms with Crippen molar-refractivity contribution >= 4 is 41.4 Å². The summed E-state index contributed by atoms with van der Waals surface area (Å²) in [4.78, 5) is 72.1. The standard InChI is InChI=1S/C21H19N3O8/c1-9(25)22-16-14(19(28)31-2)11-6-4-10(5-7-12(11)15(16)20(29)32-3)8-13-17(26)23-21(30)24-18(13)27/h4-7,13H,8H2,1-3H3,(H,22,25)(H2,23,24,26,27,30). The number of esters is 2. The van der Waals surface area contributed by atoms with Gasteiger partial charge >= 0.3 is 18.0 Å². The highest BCUT2D eigenvalue weighted by Gasteiger charge is 2.35. The summed E-state index contributed by atoms with van der Waals surface area (Å²) >= 11 is 0. The van der Waals surface area contributed by atoms with Crippen LogP contribution in [0.15, 0.2) is 24.3 Å². The number of anilines is 1. The number of imide groups is 2. The predicted molar refractivity (Wildman–Crippen MR) is 109 cm³/mol. The van der Waals surface area contributed by atoms with E-state index in [9.17, 15) is 28.8 Å². The van der Waals surface area contributed by atoms with Crippen LogP contribution in [-0.4, -0.2) is 49.9 Å². The van der Waals surface area contributed by atoms with E-state index in [1.807, 2.05) is 10.6 Å². The van der Waals surface area contributed by atoms with E-state index in [4.69, 9.17) is 9.47 Å². The molecule has 1 saturated heterocycles. The molecule has 0 atom stereocenters. The summed E-state index contributed by atoms with van der Waals surface area (Å²) in [6, 6.07) is 5.26. The topological polar surface area (TPSA) is 157 Å². The maximum atomic E-state index is 12.5. The molecule has 3 rings (SSSR count). The lowest BCUT2D eigenvalue weighted by Gasteiger charge is -2.20. The average Bonchev–Trinajstić information content (AvgIpc) is 2.88. The number of amides is 5. The molecule has 1 heterocycles. The van der Waals surface area contributed by atoms with Crippen molar-refractivity contribution in [3.05, 3.63) is 41.0 Å². The molecule has 1 aliphatic heterocycles. The summed E-state index contributed by atoms with van der Waals surface area (Å²) in [5.41, 5.74) is 0.972. The predicted octanol–water partition coefficient (Wildman–Crippen LogP) is 0.848. The first kappa shape index (κ1) is 22.4. The molecule has 11 nitrogen and oxygen atoms in total. The lowest BCUT2D eigenvalue weighted by Crippen LogP contribution is -2.56. The fraction of sp³-hybridized carbons (Fsp3) is 0.238. The van der Waals surface area contributed by atoms with Gasteiger partial charge in [0.05, 0.1) is 31.0 Å². The fourth-order valence-electron chi connectivity index (χ4n) is 3.48. The van der Waals surface area contributed by atoms with E-state index >= 15 is 0 Å². The highest BCUT2D eigenvalue weighted by atomic mass is 16.5. The van der Waals surface area contributed by atoms with Crippen LogP contribution < -0.4 is 16.0 Å². The van der Waals surface area contributed by atoms with Gasteiger partial charge in [0.15, 0.2) is 0 Å². The van der Waals surface area contributed by atoms with Crippen LogP contribution in [0.25, 0.3) is 11.1 Å². The van der Waals surface area contributed by atoms with Crippen molar-refractivity contribution in [2.75, 3.05) is 19.5 Å². The quantitative estimate of drug-likeness (QED) is 0.455. The van der Waals surface area contributed by atoms with Crippen LogP contribution in [0.2, 0.25) is 0 Å². The number of hydrogen-bond donors (Lipinski definition) is 3. The van der Waals surface area contributed by atoms with Crippen LogP contribution in [0.5, 0.6) is 0 Å². The Balaban J connectivity index is 2.15. The Kier molecular flexibility index (Phi) is 6.19. The molecule has 0 bridgehead atoms. The molecule has 0 aromatic carbocycles. The van der Waals surface area contributed by atoms with Crippen molar-refractivity contribution in [2.24, 2.45) is 5.92 Å². The van der Waals surface area contributed by atoms with Gasteiger partial charge in [-0.1, -0.05) is 24.3 Å². The van der Waals surface area contributed by atoms with Crippen molar-refractivity contribution < 1.29 is 38.2 Å². The van der Waals surface area contributed by atoms with Crippen molar-refractivity contribution in [3.8, 4) is 11.1 Å². The minimum absolute atomic E-state index is 0.0384. The molecule has 0 radical (unpaired) electrons. The molecule has 3 aliphatic rings. The number of carbonyl (C=O) groups excluding carboxylic acids is 6. The lowest BCUT2D eigenvalue weighted by molar-refractivity contribution is -0.135. The van der Waals surface area contributed by atoms with Gasteiger partial charge in [0.25, 0.3) is 0 Å². The number of carbonyl (C=O) groups is 6. The molecule has 0 spiro atoms. The van der Waals surface area contributed by atoms with E-state index in [0.717, 1.165) is 14.2 Å². The summed E-state index contributed by atoms with van der Waals surface area (Å²) in [5.74, 6) is -4.69. The van der Waals surface area contributed by atoms with Gasteiger partial charge < -0.3 is 14.8 Å². The Hall–Kier alpha value is -4.28. The minimum Gasteiger partial charge on any atom is -0.465 e. The van der Waals surface area contributed by atoms with Gasteiger partial charge in [-0.3, -0.25) is 25.0 Å². The van der Waals surface area contributed by atoms with Crippen LogP contribution >= 0.6 is 0 Å². The van der Waals surface area contributed by atoms with Gasteiger partial charge in [-0.05, 0) is 23.1 Å². The molecule has 11 heteroatoms. The van der Waals surface area contributed by atoms with E-state index < -0.39 is 41.6 Å². The first-order valence-electron chi connectivity index (χ1n) is 9.36. The monoisotopic (exact) mass is 441 g/mol. The molecular weight excluding hydrogens is 422 g/mol. The number of nitrogens with one attached hydrogen (secondary N) is 3. The summed E-state index contributed by atoms with van der Waals surface area (Å²) in [5, 5.41) is 6.55. The SMILES string of the molecule is COC(=O)c1c2ccc(CC3C(=O)NC(=O)NC3=O)ccc-2c(C(=O)OC)c1NC(C)=O. The van der Waals surface area contributed by atoms with Crippen LogP contribution in [-0.2, 0) is 30.3 Å². The normalized spacial score (nSPS) is 13.9. The Morgan fingerprint density at radius 3 is 1.75 bits per heavy atom. The van der Waals surface area contributed by atoms with E-state index in [1.165, 1.54) is 19.1 Å². The lowest BCUT2D eigenvalue weighted by atomic mass is 9.97. The van der Waals surface area contributed by atoms with E-state index in [-0.39, 0.29) is 23.2 Å². The van der Waals surface area contributed by atoms with Gasteiger partial charge in [-0.2, -0.15) is 0 Å². The maximum absolute atomic E-state index is 12.5. The molecule has 0 aromatic rings. The first-order chi connectivity index (χ1) is 15.2. The summed E-state index contributed by atoms with van der Waals surface area (Å²) in [6.45, 7) is 1.23. The largest absolute Gasteiger partial charge is 0.465 e. The maximum Gasteiger partial charge on any atom is 0.340 e. The van der Waals surface area contributed by atoms with Crippen molar-refractivity contribution in [1.29, 1.82) is 0 Å². The Morgan fingerprint density at radius 1 is 0.875 bits per heavy atom. The number of hydrogen-bond acceptors (Lipinski definition) is 8. The molecular formula is C21H19N3O8. The zero-order valence-corrected chi connectivity index (χ0v) is 17.4. The molecule has 0 unspecified atom stereocenters. The third-order valence-electron chi connectivity index (χ3n) is 4.88. The second-order valence-corrected chi connectivity index (χ2v) is 6.92. The summed E-state index contributed by atoms with van der Waals surface area (Å²) < 4.78 is 9.67. The van der Waals surface area contributed by atoms with E-state index in [1.54, 1.807) is 12.1 Å². The number of ether oxygens (including phenoxy) is 2. The summed E-state index contributed by atoms with van der Waals surface area (Å²) in [7, 11) is 2.32. The van der Waals surface area contributed by atoms with Crippen LogP contribution in [0, 0.1) is 5.92 Å². The van der Waals surface area contributed by atoms with Crippen LogP contribution in [0.1, 0.15) is 33.2 Å². The van der Waals surface area contributed by atoms with Gasteiger partial charge in [0, 0.05) is 6.92 Å². The zero-order chi connectivity index (χ0) is 23.6. The molecule has 5 amide bonds. The Morgan fingerprint density at radius 2 is 1.34 bits per heavy atom. The van der Waals surface area contributed by atoms with Crippen LogP contribution in [0.4, 0.5) is 10.5 Å². The number of rotatable bonds is 5. The molecule has 32 heavy (non-hydrogen) atoms. The molecule has 0 saturated carbocycles. The minimum atomic E-state index is -1.14. The van der Waals surface area contributed by atoms with Crippen molar-refractivity contribution in [1.82, 2.24) is 10.6 Å². The Bertz CT molecular complexity index is 1070. The second kappa shape index (κ2) is 8.84. The highest BCUT2D eigenvalue weighted by Crippen LogP contribution is 2.41. The highest BCUT2D eigenvalue weighted by molar-refractivity contribution is 6.18. The zero-order valence-electron chi connectivity index (χ0n) is 17.4. The van der Waals surface area contributed by atoms with E-state index in [0.29, 0.717) is 16.7 Å². The third-order valence-corrected chi connectivity index (χ3v) is 4.88. The van der Waals surface area contributed by atoms with Gasteiger partial charge in [0.2, 0.25) is 17.7 Å². The number of urea groups is 1. The van der Waals surface area contributed by atoms with Gasteiger partial charge in [0.1, 0.15) is 5.92 Å². The van der Waals surface area contributed by atoms with E-state index in [2.05, 4.69) is 5.32 Å². The summed E-state index contributed by atoms with van der Waals surface area (Å²) in [6.07, 6.45) is -0.0398. The first-order valence-corrected chi connectivity index (χ1v) is 9.36. The van der Waals surface area contributed by atoms with Crippen molar-refractivity contribution in [2.45, 2.75) is 13.3 Å². The van der Waals surface area contributed by atoms with Gasteiger partial charge in [-0.15, -0.1) is 0 Å². The molecule has 1 fully saturated rings. The number of fused-ring (bicyclic) bond motifs is 1. The molecule has 0 aromatic heterocycles. The Labute approximate surface area is 181 Å². The third kappa shape index (κ3) is 4.13. The number of barbiturate groups is 1. The van der Waals surface area contributed by atoms with Crippen LogP contribution in [0.3, 0.4) is 0 Å². The number of methoxy groups -OCH3 is 2. The smallest absolute Gasteiger partial charge is 0.340 e.